The van der Waals surface area contributed by atoms with E-state index in [1.807, 2.05) is 42.6 Å². The number of benzene rings is 1. The number of oxazole rings is 1. The topological polar surface area (TPSA) is 104 Å². The van der Waals surface area contributed by atoms with Crippen LogP contribution in [0.25, 0.3) is 21.7 Å². The molecule has 0 unspecified atom stereocenters. The van der Waals surface area contributed by atoms with Crippen molar-refractivity contribution >= 4 is 39.9 Å². The summed E-state index contributed by atoms with van der Waals surface area (Å²) in [7, 11) is 0. The zero-order chi connectivity index (χ0) is 22.5. The van der Waals surface area contributed by atoms with E-state index in [4.69, 9.17) is 15.1 Å². The summed E-state index contributed by atoms with van der Waals surface area (Å²) in [5, 5.41) is 3.25. The maximum absolute atomic E-state index is 13.2. The van der Waals surface area contributed by atoms with Crippen LogP contribution in [0.1, 0.15) is 37.1 Å². The molecule has 166 valence electrons. The van der Waals surface area contributed by atoms with E-state index in [0.29, 0.717) is 40.7 Å². The number of hydrogen-bond acceptors (Lipinski definition) is 7. The van der Waals surface area contributed by atoms with E-state index in [1.54, 1.807) is 22.0 Å². The largest absolute Gasteiger partial charge is 0.440 e. The molecule has 3 heterocycles. The Labute approximate surface area is 193 Å². The smallest absolute Gasteiger partial charge is 0.262 e. The number of unbranched alkanes of at least 4 members (excludes halogenated alkanes) is 2. The second-order valence-corrected chi connectivity index (χ2v) is 9.32. The Kier molecular flexibility index (Phi) is 7.06. The lowest BCUT2D eigenvalue weighted by Gasteiger charge is -2.12. The summed E-state index contributed by atoms with van der Waals surface area (Å²) in [5.74, 6) is 1.64. The van der Waals surface area contributed by atoms with Gasteiger partial charge in [-0.3, -0.25) is 14.2 Å². The number of para-hydroxylation sites is 1. The van der Waals surface area contributed by atoms with Crippen LogP contribution in [0.15, 0.2) is 56.1 Å². The van der Waals surface area contributed by atoms with Crippen molar-refractivity contribution in [1.82, 2.24) is 14.5 Å². The number of primary amides is 1. The van der Waals surface area contributed by atoms with Gasteiger partial charge in [0.25, 0.3) is 5.56 Å². The number of rotatable bonds is 10. The third-order valence-corrected chi connectivity index (χ3v) is 6.94. The monoisotopic (exact) mass is 468 g/mol. The summed E-state index contributed by atoms with van der Waals surface area (Å²) in [6.45, 7) is 2.44. The second kappa shape index (κ2) is 10.1. The lowest BCUT2D eigenvalue weighted by molar-refractivity contribution is -0.118. The molecule has 0 saturated carbocycles. The fourth-order valence-electron chi connectivity index (χ4n) is 3.40. The number of fused-ring (bicyclic) bond motifs is 1. The van der Waals surface area contributed by atoms with Crippen LogP contribution < -0.4 is 11.3 Å². The van der Waals surface area contributed by atoms with Gasteiger partial charge in [0.05, 0.1) is 21.5 Å². The summed E-state index contributed by atoms with van der Waals surface area (Å²) in [4.78, 5) is 34.5. The Hall–Kier alpha value is -2.91. The molecule has 0 aliphatic rings. The zero-order valence-electron chi connectivity index (χ0n) is 17.7. The van der Waals surface area contributed by atoms with Gasteiger partial charge in [-0.1, -0.05) is 36.4 Å². The van der Waals surface area contributed by atoms with E-state index in [0.717, 1.165) is 35.6 Å². The molecule has 4 aromatic rings. The molecular weight excluding hydrogens is 444 g/mol. The van der Waals surface area contributed by atoms with Crippen LogP contribution in [-0.4, -0.2) is 20.4 Å². The van der Waals surface area contributed by atoms with Gasteiger partial charge in [-0.25, -0.2) is 9.97 Å². The molecule has 2 N–H and O–H groups in total. The first-order valence-electron chi connectivity index (χ1n) is 10.4. The lowest BCUT2D eigenvalue weighted by atomic mass is 10.2. The van der Waals surface area contributed by atoms with Gasteiger partial charge in [-0.05, 0) is 43.3 Å². The average Bonchev–Trinajstić information content (AvgIpc) is 3.43. The van der Waals surface area contributed by atoms with E-state index >= 15 is 0 Å². The first-order chi connectivity index (χ1) is 15.5. The highest BCUT2D eigenvalue weighted by Gasteiger charge is 2.16. The third-order valence-electron chi connectivity index (χ3n) is 5.09. The molecule has 0 radical (unpaired) electrons. The quantitative estimate of drug-likeness (QED) is 0.204. The zero-order valence-corrected chi connectivity index (χ0v) is 19.4. The molecule has 4 rings (SSSR count). The van der Waals surface area contributed by atoms with E-state index in [1.165, 1.54) is 11.8 Å². The first-order valence-corrected chi connectivity index (χ1v) is 12.3. The number of aromatic nitrogens is 3. The first kappa shape index (κ1) is 22.3. The van der Waals surface area contributed by atoms with Crippen molar-refractivity contribution < 1.29 is 9.21 Å². The molecule has 0 saturated heterocycles. The molecule has 9 heteroatoms. The molecule has 3 aromatic heterocycles. The number of carbonyl (C=O) groups excluding carboxylic acids is 1. The summed E-state index contributed by atoms with van der Waals surface area (Å²) in [5.41, 5.74) is 6.69. The molecule has 1 amide bonds. The second-order valence-electron chi connectivity index (χ2n) is 7.43. The van der Waals surface area contributed by atoms with Crippen LogP contribution in [-0.2, 0) is 17.1 Å². The third kappa shape index (κ3) is 5.11. The molecular formula is C23H24N4O3S2. The Morgan fingerprint density at radius 1 is 1.16 bits per heavy atom. The Bertz CT molecular complexity index is 1280. The molecule has 0 atom stereocenters. The highest BCUT2D eigenvalue weighted by atomic mass is 32.2. The van der Waals surface area contributed by atoms with Crippen LogP contribution in [0, 0.1) is 6.92 Å². The van der Waals surface area contributed by atoms with Crippen LogP contribution in [0.2, 0.25) is 0 Å². The molecule has 0 fully saturated rings. The normalized spacial score (nSPS) is 11.3. The molecule has 7 nitrogen and oxygen atoms in total. The summed E-state index contributed by atoms with van der Waals surface area (Å²) in [6.07, 6.45) is 2.67. The maximum atomic E-state index is 13.2. The minimum absolute atomic E-state index is 0.0517. The van der Waals surface area contributed by atoms with Crippen molar-refractivity contribution in [3.63, 3.8) is 0 Å². The van der Waals surface area contributed by atoms with Gasteiger partial charge in [-0.15, -0.1) is 11.3 Å². The standard InChI is InChI=1S/C23H24N4O3S2/c1-15-18(25-21(30-15)19-10-7-13-31-19)14-32-23-26-17-9-5-4-8-16(17)22(29)27(23)12-6-2-3-11-20(24)28/h4-5,7-10,13H,2-3,6,11-12,14H2,1H3,(H2,24,28). The molecule has 0 aliphatic carbocycles. The minimum Gasteiger partial charge on any atom is -0.440 e. The van der Waals surface area contributed by atoms with Crippen molar-refractivity contribution in [3.05, 3.63) is 63.6 Å². The van der Waals surface area contributed by atoms with E-state index in [9.17, 15) is 9.59 Å². The highest BCUT2D eigenvalue weighted by molar-refractivity contribution is 7.98. The van der Waals surface area contributed by atoms with Gasteiger partial charge < -0.3 is 10.2 Å². The van der Waals surface area contributed by atoms with Crippen molar-refractivity contribution in [3.8, 4) is 10.8 Å². The molecule has 0 bridgehead atoms. The van der Waals surface area contributed by atoms with E-state index < -0.39 is 0 Å². The molecule has 0 aliphatic heterocycles. The summed E-state index contributed by atoms with van der Waals surface area (Å²) < 4.78 is 7.57. The van der Waals surface area contributed by atoms with Gasteiger partial charge in [0.15, 0.2) is 5.16 Å². The van der Waals surface area contributed by atoms with Gasteiger partial charge in [0.2, 0.25) is 11.8 Å². The van der Waals surface area contributed by atoms with Crippen molar-refractivity contribution in [2.24, 2.45) is 5.73 Å². The Balaban J connectivity index is 1.55. The molecule has 1 aromatic carbocycles. The van der Waals surface area contributed by atoms with Crippen LogP contribution in [0.4, 0.5) is 0 Å². The molecule has 0 spiro atoms. The predicted octanol–water partition coefficient (Wildman–Crippen LogP) is 4.76. The van der Waals surface area contributed by atoms with E-state index in [-0.39, 0.29) is 11.5 Å². The number of thiophene rings is 1. The van der Waals surface area contributed by atoms with Crippen LogP contribution in [0.5, 0.6) is 0 Å². The van der Waals surface area contributed by atoms with E-state index in [2.05, 4.69) is 4.98 Å². The van der Waals surface area contributed by atoms with Crippen molar-refractivity contribution in [2.75, 3.05) is 0 Å². The lowest BCUT2D eigenvalue weighted by Crippen LogP contribution is -2.23. The van der Waals surface area contributed by atoms with Crippen LogP contribution >= 0.6 is 23.1 Å². The SMILES string of the molecule is Cc1oc(-c2cccs2)nc1CSc1nc2ccccc2c(=O)n1CCCCCC(N)=O. The highest BCUT2D eigenvalue weighted by Crippen LogP contribution is 2.29. The van der Waals surface area contributed by atoms with Gasteiger partial charge in [-0.2, -0.15) is 0 Å². The number of hydrogen-bond donors (Lipinski definition) is 1. The summed E-state index contributed by atoms with van der Waals surface area (Å²) >= 11 is 3.06. The molecule has 32 heavy (non-hydrogen) atoms. The number of nitrogens with two attached hydrogens (primary N) is 1. The number of carbonyl (C=O) groups is 1. The Morgan fingerprint density at radius 3 is 2.78 bits per heavy atom. The van der Waals surface area contributed by atoms with Crippen molar-refractivity contribution in [1.29, 1.82) is 0 Å². The van der Waals surface area contributed by atoms with Crippen LogP contribution in [0.3, 0.4) is 0 Å². The average molecular weight is 469 g/mol. The number of amides is 1. The van der Waals surface area contributed by atoms with Gasteiger partial charge in [0, 0.05) is 18.7 Å². The summed E-state index contributed by atoms with van der Waals surface area (Å²) in [6, 6.07) is 11.3. The number of thioether (sulfide) groups is 1. The fourth-order valence-corrected chi connectivity index (χ4v) is 5.08. The van der Waals surface area contributed by atoms with Gasteiger partial charge >= 0.3 is 0 Å². The number of aryl methyl sites for hydroxylation is 1. The fraction of sp³-hybridized carbons (Fsp3) is 0.304. The maximum Gasteiger partial charge on any atom is 0.262 e. The van der Waals surface area contributed by atoms with Crippen molar-refractivity contribution in [2.45, 2.75) is 50.1 Å². The predicted molar refractivity (Wildman–Crippen MR) is 128 cm³/mol. The number of nitrogens with zero attached hydrogens (tertiary/aromatic N) is 3. The minimum atomic E-state index is -0.296. The van der Waals surface area contributed by atoms with Gasteiger partial charge in [0.1, 0.15) is 5.76 Å². The Morgan fingerprint density at radius 2 is 2.00 bits per heavy atom.